The van der Waals surface area contributed by atoms with Crippen molar-refractivity contribution in [3.8, 4) is 5.75 Å². The fourth-order valence-electron chi connectivity index (χ4n) is 2.45. The Morgan fingerprint density at radius 1 is 1.15 bits per heavy atom. The number of carbonyl (C=O) groups excluding carboxylic acids is 1. The zero-order valence-corrected chi connectivity index (χ0v) is 15.4. The van der Waals surface area contributed by atoms with E-state index in [1.54, 1.807) is 19.1 Å². The van der Waals surface area contributed by atoms with E-state index in [2.05, 4.69) is 10.0 Å². The number of benzene rings is 2. The van der Waals surface area contributed by atoms with Gasteiger partial charge < -0.3 is 10.1 Å². The van der Waals surface area contributed by atoms with Crippen LogP contribution in [0.2, 0.25) is 0 Å². The Hall–Kier alpha value is -2.38. The van der Waals surface area contributed by atoms with E-state index in [0.717, 1.165) is 18.4 Å². The van der Waals surface area contributed by atoms with Gasteiger partial charge >= 0.3 is 0 Å². The van der Waals surface area contributed by atoms with E-state index >= 15 is 0 Å². The van der Waals surface area contributed by atoms with Crippen molar-refractivity contribution in [3.63, 3.8) is 0 Å². The van der Waals surface area contributed by atoms with Crippen molar-refractivity contribution in [3.05, 3.63) is 59.7 Å². The molecule has 0 atom stereocenters. The molecule has 0 bridgehead atoms. The second-order valence-electron chi connectivity index (χ2n) is 6.37. The third kappa shape index (κ3) is 5.06. The molecule has 2 aromatic carbocycles. The van der Waals surface area contributed by atoms with Crippen LogP contribution < -0.4 is 14.8 Å². The van der Waals surface area contributed by atoms with Gasteiger partial charge in [-0.2, -0.15) is 0 Å². The largest absolute Gasteiger partial charge is 0.484 e. The normalized spacial score (nSPS) is 14.0. The van der Waals surface area contributed by atoms with Gasteiger partial charge in [0.1, 0.15) is 5.75 Å². The summed E-state index contributed by atoms with van der Waals surface area (Å²) in [7, 11) is -3.62. The molecule has 1 saturated carbocycles. The SMILES string of the molecule is Cc1cc(S(=O)(=O)NCc2ccccc2)ccc1OCC(=O)NC1CC1. The summed E-state index contributed by atoms with van der Waals surface area (Å²) in [6.07, 6.45) is 2.04. The minimum absolute atomic E-state index is 0.0737. The van der Waals surface area contributed by atoms with Crippen molar-refractivity contribution in [1.29, 1.82) is 0 Å². The summed E-state index contributed by atoms with van der Waals surface area (Å²) in [5.74, 6) is 0.339. The van der Waals surface area contributed by atoms with Crippen molar-refractivity contribution in [1.82, 2.24) is 10.0 Å². The van der Waals surface area contributed by atoms with Gasteiger partial charge in [-0.15, -0.1) is 0 Å². The maximum atomic E-state index is 12.4. The van der Waals surface area contributed by atoms with E-state index in [-0.39, 0.29) is 30.0 Å². The number of sulfonamides is 1. The molecule has 2 N–H and O–H groups in total. The molecule has 0 saturated heterocycles. The van der Waals surface area contributed by atoms with Crippen molar-refractivity contribution in [2.24, 2.45) is 0 Å². The van der Waals surface area contributed by atoms with Crippen LogP contribution in [-0.4, -0.2) is 27.0 Å². The molecule has 26 heavy (non-hydrogen) atoms. The van der Waals surface area contributed by atoms with E-state index in [1.165, 1.54) is 6.07 Å². The van der Waals surface area contributed by atoms with Crippen molar-refractivity contribution in [2.45, 2.75) is 37.2 Å². The standard InChI is InChI=1S/C19H22N2O4S/c1-14-11-17(26(23,24)20-12-15-5-3-2-4-6-15)9-10-18(14)25-13-19(22)21-16-7-8-16/h2-6,9-11,16,20H,7-8,12-13H2,1H3,(H,21,22). The van der Waals surface area contributed by atoms with Crippen LogP contribution in [0.15, 0.2) is 53.4 Å². The minimum atomic E-state index is -3.62. The van der Waals surface area contributed by atoms with Crippen LogP contribution in [0.3, 0.4) is 0 Å². The average molecular weight is 374 g/mol. The zero-order valence-electron chi connectivity index (χ0n) is 14.6. The Morgan fingerprint density at radius 3 is 2.54 bits per heavy atom. The fourth-order valence-corrected chi connectivity index (χ4v) is 3.55. The highest BCUT2D eigenvalue weighted by molar-refractivity contribution is 7.89. The number of hydrogen-bond donors (Lipinski definition) is 2. The van der Waals surface area contributed by atoms with Crippen LogP contribution >= 0.6 is 0 Å². The monoisotopic (exact) mass is 374 g/mol. The molecule has 138 valence electrons. The summed E-state index contributed by atoms with van der Waals surface area (Å²) in [5, 5.41) is 2.84. The summed E-state index contributed by atoms with van der Waals surface area (Å²) in [4.78, 5) is 11.8. The van der Waals surface area contributed by atoms with Crippen LogP contribution in [0, 0.1) is 6.92 Å². The quantitative estimate of drug-likeness (QED) is 0.741. The van der Waals surface area contributed by atoms with Crippen LogP contribution in [0.1, 0.15) is 24.0 Å². The molecule has 0 radical (unpaired) electrons. The van der Waals surface area contributed by atoms with Crippen LogP contribution in [0.4, 0.5) is 0 Å². The molecule has 0 spiro atoms. The van der Waals surface area contributed by atoms with Gasteiger partial charge in [-0.3, -0.25) is 4.79 Å². The molecular weight excluding hydrogens is 352 g/mol. The molecule has 0 aliphatic heterocycles. The van der Waals surface area contributed by atoms with Gasteiger partial charge in [-0.25, -0.2) is 13.1 Å². The summed E-state index contributed by atoms with van der Waals surface area (Å²) < 4.78 is 33.0. The first kappa shape index (κ1) is 18.4. The number of nitrogens with one attached hydrogen (secondary N) is 2. The first-order chi connectivity index (χ1) is 12.4. The van der Waals surface area contributed by atoms with Crippen LogP contribution in [0.25, 0.3) is 0 Å². The van der Waals surface area contributed by atoms with E-state index in [1.807, 2.05) is 30.3 Å². The molecule has 0 unspecified atom stereocenters. The van der Waals surface area contributed by atoms with Gasteiger partial charge in [0, 0.05) is 12.6 Å². The average Bonchev–Trinajstić information content (AvgIpc) is 3.44. The van der Waals surface area contributed by atoms with Gasteiger partial charge in [-0.1, -0.05) is 30.3 Å². The Labute approximate surface area is 153 Å². The lowest BCUT2D eigenvalue weighted by Crippen LogP contribution is -2.30. The Morgan fingerprint density at radius 2 is 1.88 bits per heavy atom. The predicted molar refractivity (Wildman–Crippen MR) is 98.3 cm³/mol. The molecule has 1 aliphatic carbocycles. The van der Waals surface area contributed by atoms with E-state index < -0.39 is 10.0 Å². The summed E-state index contributed by atoms with van der Waals surface area (Å²) in [5.41, 5.74) is 1.54. The Balaban J connectivity index is 1.60. The number of carbonyl (C=O) groups is 1. The highest BCUT2D eigenvalue weighted by Crippen LogP contribution is 2.22. The molecule has 7 heteroatoms. The maximum Gasteiger partial charge on any atom is 0.258 e. The molecule has 1 aliphatic rings. The summed E-state index contributed by atoms with van der Waals surface area (Å²) in [6, 6.07) is 14.2. The van der Waals surface area contributed by atoms with Gasteiger partial charge in [0.25, 0.3) is 5.91 Å². The summed E-state index contributed by atoms with van der Waals surface area (Å²) in [6.45, 7) is 1.90. The minimum Gasteiger partial charge on any atom is -0.484 e. The zero-order chi connectivity index (χ0) is 18.6. The topological polar surface area (TPSA) is 84.5 Å². The highest BCUT2D eigenvalue weighted by atomic mass is 32.2. The van der Waals surface area contributed by atoms with Crippen LogP contribution in [-0.2, 0) is 21.4 Å². The van der Waals surface area contributed by atoms with Crippen molar-refractivity contribution < 1.29 is 17.9 Å². The molecule has 0 heterocycles. The van der Waals surface area contributed by atoms with E-state index in [4.69, 9.17) is 4.74 Å². The molecule has 2 aromatic rings. The van der Waals surface area contributed by atoms with Crippen molar-refractivity contribution >= 4 is 15.9 Å². The molecule has 6 nitrogen and oxygen atoms in total. The van der Waals surface area contributed by atoms with Crippen molar-refractivity contribution in [2.75, 3.05) is 6.61 Å². The predicted octanol–water partition coefficient (Wildman–Crippen LogP) is 2.13. The Kier molecular flexibility index (Phi) is 5.58. The van der Waals surface area contributed by atoms with Gasteiger partial charge in [-0.05, 0) is 49.1 Å². The van der Waals surface area contributed by atoms with Crippen LogP contribution in [0.5, 0.6) is 5.75 Å². The molecule has 3 rings (SSSR count). The van der Waals surface area contributed by atoms with Gasteiger partial charge in [0.15, 0.2) is 6.61 Å². The number of hydrogen-bond acceptors (Lipinski definition) is 4. The van der Waals surface area contributed by atoms with E-state index in [0.29, 0.717) is 11.3 Å². The third-order valence-corrected chi connectivity index (χ3v) is 5.47. The molecule has 1 fully saturated rings. The van der Waals surface area contributed by atoms with Gasteiger partial charge in [0.05, 0.1) is 4.90 Å². The number of ether oxygens (including phenoxy) is 1. The van der Waals surface area contributed by atoms with Gasteiger partial charge in [0.2, 0.25) is 10.0 Å². The fraction of sp³-hybridized carbons (Fsp3) is 0.316. The first-order valence-electron chi connectivity index (χ1n) is 8.50. The second-order valence-corrected chi connectivity index (χ2v) is 8.13. The first-order valence-corrected chi connectivity index (χ1v) is 9.99. The summed E-state index contributed by atoms with van der Waals surface area (Å²) >= 11 is 0. The highest BCUT2D eigenvalue weighted by Gasteiger charge is 2.23. The lowest BCUT2D eigenvalue weighted by molar-refractivity contribution is -0.123. The number of amides is 1. The smallest absolute Gasteiger partial charge is 0.258 e. The molecule has 1 amide bonds. The molecule has 0 aromatic heterocycles. The lowest BCUT2D eigenvalue weighted by Gasteiger charge is -2.12. The molecular formula is C19H22N2O4S. The Bertz CT molecular complexity index is 878. The maximum absolute atomic E-state index is 12.4. The second kappa shape index (κ2) is 7.88. The number of rotatable bonds is 8. The number of aryl methyl sites for hydroxylation is 1. The third-order valence-electron chi connectivity index (χ3n) is 4.07. The lowest BCUT2D eigenvalue weighted by atomic mass is 10.2. The van der Waals surface area contributed by atoms with E-state index in [9.17, 15) is 13.2 Å².